The smallest absolute Gasteiger partial charge is 0.0906 e. The van der Waals surface area contributed by atoms with Crippen molar-refractivity contribution in [1.82, 2.24) is 0 Å². The van der Waals surface area contributed by atoms with E-state index >= 15 is 0 Å². The molecule has 21 heavy (non-hydrogen) atoms. The van der Waals surface area contributed by atoms with Crippen LogP contribution < -0.4 is 0 Å². The van der Waals surface area contributed by atoms with Crippen LogP contribution in [0.3, 0.4) is 0 Å². The van der Waals surface area contributed by atoms with E-state index in [-0.39, 0.29) is 0 Å². The fourth-order valence-electron chi connectivity index (χ4n) is 2.18. The zero-order chi connectivity index (χ0) is 15.4. The quantitative estimate of drug-likeness (QED) is 0.408. The van der Waals surface area contributed by atoms with Crippen molar-refractivity contribution in [1.29, 1.82) is 0 Å². The van der Waals surface area contributed by atoms with Gasteiger partial charge in [-0.1, -0.05) is 30.3 Å². The molecule has 3 heteroatoms. The molecule has 2 rings (SSSR count). The Morgan fingerprint density at radius 1 is 0.810 bits per heavy atom. The highest BCUT2D eigenvalue weighted by molar-refractivity contribution is 6.00. The summed E-state index contributed by atoms with van der Waals surface area (Å²) in [4.78, 5) is 0. The zero-order valence-electron chi connectivity index (χ0n) is 13.3. The summed E-state index contributed by atoms with van der Waals surface area (Å²) < 4.78 is 0. The Morgan fingerprint density at radius 3 is 2.14 bits per heavy atom. The van der Waals surface area contributed by atoms with Crippen molar-refractivity contribution < 1.29 is 0 Å². The lowest BCUT2D eigenvalue weighted by atomic mass is 10.0. The molecule has 0 aromatic heterocycles. The minimum absolute atomic E-state index is 0.868. The van der Waals surface area contributed by atoms with Crippen LogP contribution in [0, 0.1) is 27.7 Å². The Labute approximate surface area is 126 Å². The highest BCUT2D eigenvalue weighted by atomic mass is 15.4. The first-order chi connectivity index (χ1) is 10.0. The summed E-state index contributed by atoms with van der Waals surface area (Å²) in [6, 6.07) is 12.2. The first-order valence-electron chi connectivity index (χ1n) is 7.09. The van der Waals surface area contributed by atoms with Gasteiger partial charge in [0, 0.05) is 5.56 Å². The Hall–Kier alpha value is -2.29. The monoisotopic (exact) mass is 279 g/mol. The van der Waals surface area contributed by atoms with Crippen LogP contribution in [-0.4, -0.2) is 5.71 Å². The van der Waals surface area contributed by atoms with Gasteiger partial charge in [-0.05, 0) is 68.2 Å². The summed E-state index contributed by atoms with van der Waals surface area (Å²) in [7, 11) is 0. The molecule has 2 aromatic carbocycles. The predicted octanol–water partition coefficient (Wildman–Crippen LogP) is 5.43. The van der Waals surface area contributed by atoms with E-state index in [1.807, 2.05) is 32.0 Å². The van der Waals surface area contributed by atoms with E-state index in [0.29, 0.717) is 0 Å². The summed E-state index contributed by atoms with van der Waals surface area (Å²) in [6.07, 6.45) is 0. The SMILES string of the molecule is CC(=NN=Nc1cccc(C)c1C)c1cccc(C)c1C. The molecule has 108 valence electrons. The van der Waals surface area contributed by atoms with Gasteiger partial charge in [0.1, 0.15) is 0 Å². The average molecular weight is 279 g/mol. The number of benzene rings is 2. The Morgan fingerprint density at radius 2 is 1.43 bits per heavy atom. The molecule has 0 aliphatic carbocycles. The predicted molar refractivity (Wildman–Crippen MR) is 88.6 cm³/mol. The van der Waals surface area contributed by atoms with E-state index in [4.69, 9.17) is 0 Å². The number of hydrogen-bond donors (Lipinski definition) is 0. The summed E-state index contributed by atoms with van der Waals surface area (Å²) in [5, 5.41) is 12.5. The van der Waals surface area contributed by atoms with Crippen molar-refractivity contribution in [2.45, 2.75) is 34.6 Å². The first-order valence-corrected chi connectivity index (χ1v) is 7.09. The molecule has 0 saturated carbocycles. The molecule has 3 nitrogen and oxygen atoms in total. The number of hydrogen-bond acceptors (Lipinski definition) is 2. The molecule has 0 aliphatic rings. The molecule has 0 saturated heterocycles. The van der Waals surface area contributed by atoms with E-state index in [2.05, 4.69) is 54.4 Å². The highest BCUT2D eigenvalue weighted by Crippen LogP contribution is 2.21. The van der Waals surface area contributed by atoms with Crippen LogP contribution >= 0.6 is 0 Å². The third-order valence-corrected chi connectivity index (χ3v) is 3.92. The third kappa shape index (κ3) is 3.43. The molecule has 0 heterocycles. The van der Waals surface area contributed by atoms with Gasteiger partial charge < -0.3 is 0 Å². The fourth-order valence-corrected chi connectivity index (χ4v) is 2.18. The van der Waals surface area contributed by atoms with E-state index in [1.165, 1.54) is 16.7 Å². The highest BCUT2D eigenvalue weighted by Gasteiger charge is 2.03. The van der Waals surface area contributed by atoms with Gasteiger partial charge in [0.25, 0.3) is 0 Å². The van der Waals surface area contributed by atoms with Crippen molar-refractivity contribution in [3.63, 3.8) is 0 Å². The second-order valence-corrected chi connectivity index (χ2v) is 5.34. The van der Waals surface area contributed by atoms with Gasteiger partial charge in [0.15, 0.2) is 0 Å². The van der Waals surface area contributed by atoms with Crippen LogP contribution in [0.4, 0.5) is 5.69 Å². The van der Waals surface area contributed by atoms with Crippen molar-refractivity contribution in [2.24, 2.45) is 15.4 Å². The molecule has 0 aliphatic heterocycles. The van der Waals surface area contributed by atoms with Crippen LogP contribution in [-0.2, 0) is 0 Å². The number of aryl methyl sites for hydroxylation is 2. The molecule has 0 bridgehead atoms. The van der Waals surface area contributed by atoms with Gasteiger partial charge in [-0.3, -0.25) is 0 Å². The summed E-state index contributed by atoms with van der Waals surface area (Å²) >= 11 is 0. The average Bonchev–Trinajstić information content (AvgIpc) is 2.46. The van der Waals surface area contributed by atoms with Gasteiger partial charge in [0.05, 0.1) is 11.4 Å². The van der Waals surface area contributed by atoms with Crippen molar-refractivity contribution in [3.05, 3.63) is 64.2 Å². The van der Waals surface area contributed by atoms with Crippen molar-refractivity contribution in [2.75, 3.05) is 0 Å². The van der Waals surface area contributed by atoms with Gasteiger partial charge >= 0.3 is 0 Å². The molecule has 0 spiro atoms. The second-order valence-electron chi connectivity index (χ2n) is 5.34. The standard InChI is InChI=1S/C18H21N3/c1-12-8-6-10-17(14(12)3)16(5)19-21-20-18-11-7-9-13(2)15(18)4/h6-11H,1-5H3. The topological polar surface area (TPSA) is 37.1 Å². The van der Waals surface area contributed by atoms with E-state index in [0.717, 1.165) is 22.5 Å². The fraction of sp³-hybridized carbons (Fsp3) is 0.278. The molecule has 2 aromatic rings. The van der Waals surface area contributed by atoms with Crippen LogP contribution in [0.1, 0.15) is 34.7 Å². The van der Waals surface area contributed by atoms with Crippen molar-refractivity contribution in [3.8, 4) is 0 Å². The minimum atomic E-state index is 0.868. The van der Waals surface area contributed by atoms with Gasteiger partial charge in [-0.15, -0.1) is 10.2 Å². The number of nitrogens with zero attached hydrogens (tertiary/aromatic N) is 3. The van der Waals surface area contributed by atoms with Gasteiger partial charge in [0.2, 0.25) is 0 Å². The molecule has 0 unspecified atom stereocenters. The maximum atomic E-state index is 4.24. The van der Waals surface area contributed by atoms with E-state index in [1.54, 1.807) is 0 Å². The lowest BCUT2D eigenvalue weighted by Crippen LogP contribution is -1.98. The second kappa shape index (κ2) is 6.44. The van der Waals surface area contributed by atoms with Crippen LogP contribution in [0.15, 0.2) is 51.8 Å². The molecule has 0 amide bonds. The summed E-state index contributed by atoms with van der Waals surface area (Å²) in [5.41, 5.74) is 7.71. The normalized spacial score (nSPS) is 12.1. The Balaban J connectivity index is 2.26. The molecule has 0 fully saturated rings. The summed E-state index contributed by atoms with van der Waals surface area (Å²) in [5.74, 6) is 0. The lowest BCUT2D eigenvalue weighted by molar-refractivity contribution is 1.05. The van der Waals surface area contributed by atoms with E-state index in [9.17, 15) is 0 Å². The minimum Gasteiger partial charge on any atom is -0.135 e. The summed E-state index contributed by atoms with van der Waals surface area (Å²) in [6.45, 7) is 10.3. The van der Waals surface area contributed by atoms with E-state index < -0.39 is 0 Å². The molecule has 0 radical (unpaired) electrons. The number of rotatable bonds is 3. The van der Waals surface area contributed by atoms with Crippen LogP contribution in [0.25, 0.3) is 0 Å². The largest absolute Gasteiger partial charge is 0.135 e. The maximum Gasteiger partial charge on any atom is 0.0906 e. The Bertz CT molecular complexity index is 712. The van der Waals surface area contributed by atoms with Crippen LogP contribution in [0.5, 0.6) is 0 Å². The Kier molecular flexibility index (Phi) is 4.63. The first kappa shape index (κ1) is 15.1. The zero-order valence-corrected chi connectivity index (χ0v) is 13.3. The van der Waals surface area contributed by atoms with Gasteiger partial charge in [-0.25, -0.2) is 0 Å². The van der Waals surface area contributed by atoms with Crippen LogP contribution in [0.2, 0.25) is 0 Å². The lowest BCUT2D eigenvalue weighted by Gasteiger charge is -2.06. The van der Waals surface area contributed by atoms with Crippen molar-refractivity contribution >= 4 is 11.4 Å². The molecule has 0 atom stereocenters. The van der Waals surface area contributed by atoms with Gasteiger partial charge in [-0.2, -0.15) is 0 Å². The molecular formula is C18H21N3. The maximum absolute atomic E-state index is 4.24. The molecule has 0 N–H and O–H groups in total. The third-order valence-electron chi connectivity index (χ3n) is 3.92. The molecular weight excluding hydrogens is 258 g/mol.